The van der Waals surface area contributed by atoms with Crippen molar-refractivity contribution >= 4 is 52.4 Å². The molecule has 1 unspecified atom stereocenters. The van der Waals surface area contributed by atoms with Gasteiger partial charge in [-0.2, -0.15) is 0 Å². The minimum Gasteiger partial charge on any atom is -0.422 e. The van der Waals surface area contributed by atoms with Gasteiger partial charge in [0.25, 0.3) is 0 Å². The van der Waals surface area contributed by atoms with E-state index in [2.05, 4.69) is 13.2 Å². The van der Waals surface area contributed by atoms with Crippen LogP contribution in [0.1, 0.15) is 10.9 Å². The lowest BCUT2D eigenvalue weighted by molar-refractivity contribution is -0.128. The molecule has 24 heavy (non-hydrogen) atoms. The SMILES string of the molecule is C=CC(=O)Oc1ccc(Cl)c(Cl)c1Cl.C=CC(Cl)c1ccccc1. The number of hydrogen-bond donors (Lipinski definition) is 0. The number of carbonyl (C=O) groups excluding carboxylic acids is 1. The summed E-state index contributed by atoms with van der Waals surface area (Å²) in [6.45, 7) is 6.85. The number of halogens is 4. The molecule has 126 valence electrons. The van der Waals surface area contributed by atoms with Crippen LogP contribution >= 0.6 is 46.4 Å². The Morgan fingerprint density at radius 1 is 1.00 bits per heavy atom. The van der Waals surface area contributed by atoms with Gasteiger partial charge in [-0.15, -0.1) is 18.2 Å². The van der Waals surface area contributed by atoms with Gasteiger partial charge in [0.2, 0.25) is 0 Å². The van der Waals surface area contributed by atoms with Crippen LogP contribution in [0.15, 0.2) is 67.8 Å². The molecule has 1 atom stereocenters. The van der Waals surface area contributed by atoms with Crippen molar-refractivity contribution in [2.75, 3.05) is 0 Å². The van der Waals surface area contributed by atoms with Gasteiger partial charge in [0.1, 0.15) is 5.02 Å². The normalized spacial score (nSPS) is 10.8. The summed E-state index contributed by atoms with van der Waals surface area (Å²) in [6.07, 6.45) is 2.75. The Hall–Kier alpha value is -1.45. The fraction of sp³-hybridized carbons (Fsp3) is 0.0556. The van der Waals surface area contributed by atoms with Crippen molar-refractivity contribution in [3.8, 4) is 5.75 Å². The lowest BCUT2D eigenvalue weighted by Crippen LogP contribution is -2.03. The Kier molecular flexibility index (Phi) is 8.94. The number of rotatable bonds is 4. The van der Waals surface area contributed by atoms with Gasteiger partial charge >= 0.3 is 5.97 Å². The molecule has 2 aromatic carbocycles. The zero-order valence-electron chi connectivity index (χ0n) is 12.5. The second-order valence-electron chi connectivity index (χ2n) is 4.35. The van der Waals surface area contributed by atoms with E-state index in [1.54, 1.807) is 6.08 Å². The number of hydrogen-bond acceptors (Lipinski definition) is 2. The smallest absolute Gasteiger partial charge is 0.335 e. The first-order chi connectivity index (χ1) is 11.4. The third-order valence-corrected chi connectivity index (χ3v) is 4.41. The number of ether oxygens (including phenoxy) is 1. The van der Waals surface area contributed by atoms with Crippen molar-refractivity contribution in [2.24, 2.45) is 0 Å². The summed E-state index contributed by atoms with van der Waals surface area (Å²) in [4.78, 5) is 10.9. The number of alkyl halides is 1. The van der Waals surface area contributed by atoms with Crippen LogP contribution in [0.4, 0.5) is 0 Å². The van der Waals surface area contributed by atoms with Crippen molar-refractivity contribution in [1.82, 2.24) is 0 Å². The highest BCUT2D eigenvalue weighted by Gasteiger charge is 2.11. The Morgan fingerprint density at radius 2 is 1.62 bits per heavy atom. The molecule has 0 radical (unpaired) electrons. The maximum Gasteiger partial charge on any atom is 0.335 e. The number of carbonyl (C=O) groups is 1. The van der Waals surface area contributed by atoms with Crippen LogP contribution in [0.5, 0.6) is 5.75 Å². The van der Waals surface area contributed by atoms with Crippen LogP contribution < -0.4 is 4.74 Å². The fourth-order valence-electron chi connectivity index (χ4n) is 1.51. The van der Waals surface area contributed by atoms with Crippen molar-refractivity contribution in [1.29, 1.82) is 0 Å². The van der Waals surface area contributed by atoms with Crippen LogP contribution in [0, 0.1) is 0 Å². The van der Waals surface area contributed by atoms with Crippen molar-refractivity contribution < 1.29 is 9.53 Å². The first-order valence-corrected chi connectivity index (χ1v) is 8.27. The first-order valence-electron chi connectivity index (χ1n) is 6.70. The summed E-state index contributed by atoms with van der Waals surface area (Å²) in [5.41, 5.74) is 1.10. The average Bonchev–Trinajstić information content (AvgIpc) is 2.62. The standard InChI is InChI=1S/C9H5Cl3O2.C9H9Cl/c1-2-7(13)14-6-4-3-5(10)8(11)9(6)12;1-2-9(10)8-6-4-3-5-7-8/h2-4H,1H2;2-7,9H,1H2. The molecule has 0 spiro atoms. The Morgan fingerprint density at radius 3 is 2.17 bits per heavy atom. The third-order valence-electron chi connectivity index (χ3n) is 2.70. The summed E-state index contributed by atoms with van der Waals surface area (Å²) in [5, 5.41) is 0.508. The van der Waals surface area contributed by atoms with E-state index in [1.165, 1.54) is 12.1 Å². The average molecular weight is 404 g/mol. The van der Waals surface area contributed by atoms with E-state index < -0.39 is 5.97 Å². The van der Waals surface area contributed by atoms with E-state index in [0.29, 0.717) is 5.02 Å². The summed E-state index contributed by atoms with van der Waals surface area (Å²) in [7, 11) is 0. The van der Waals surface area contributed by atoms with Crippen LogP contribution in [0.3, 0.4) is 0 Å². The Labute approximate surface area is 161 Å². The number of allylic oxidation sites excluding steroid dienone is 1. The van der Waals surface area contributed by atoms with Gasteiger partial charge in [0.05, 0.1) is 15.4 Å². The van der Waals surface area contributed by atoms with E-state index in [1.807, 2.05) is 30.3 Å². The number of benzene rings is 2. The lowest BCUT2D eigenvalue weighted by Gasteiger charge is -2.05. The van der Waals surface area contributed by atoms with Crippen LogP contribution in [0.2, 0.25) is 15.1 Å². The zero-order valence-corrected chi connectivity index (χ0v) is 15.5. The Balaban J connectivity index is 0.000000254. The van der Waals surface area contributed by atoms with E-state index in [-0.39, 0.29) is 21.2 Å². The monoisotopic (exact) mass is 402 g/mol. The van der Waals surface area contributed by atoms with Gasteiger partial charge in [-0.05, 0) is 17.7 Å². The highest BCUT2D eigenvalue weighted by Crippen LogP contribution is 2.37. The van der Waals surface area contributed by atoms with Gasteiger partial charge in [0, 0.05) is 6.08 Å². The second kappa shape index (κ2) is 10.4. The highest BCUT2D eigenvalue weighted by molar-refractivity contribution is 6.48. The first kappa shape index (κ1) is 20.6. The van der Waals surface area contributed by atoms with Crippen LogP contribution in [-0.4, -0.2) is 5.97 Å². The van der Waals surface area contributed by atoms with Gasteiger partial charge < -0.3 is 4.74 Å². The summed E-state index contributed by atoms with van der Waals surface area (Å²) in [5.74, 6) is -0.448. The molecule has 0 fully saturated rings. The van der Waals surface area contributed by atoms with Gasteiger partial charge in [-0.3, -0.25) is 0 Å². The highest BCUT2D eigenvalue weighted by atomic mass is 35.5. The minimum absolute atomic E-state index is 0.0544. The predicted octanol–water partition coefficient (Wildman–Crippen LogP) is 6.89. The van der Waals surface area contributed by atoms with Gasteiger partial charge in [-0.1, -0.05) is 77.8 Å². The van der Waals surface area contributed by atoms with Crippen LogP contribution in [0.25, 0.3) is 0 Å². The fourth-order valence-corrected chi connectivity index (χ4v) is 2.22. The molecule has 2 aromatic rings. The molecule has 0 aliphatic heterocycles. The number of esters is 1. The maximum atomic E-state index is 10.9. The van der Waals surface area contributed by atoms with Crippen LogP contribution in [-0.2, 0) is 4.79 Å². The molecule has 0 aliphatic carbocycles. The quantitative estimate of drug-likeness (QED) is 0.139. The topological polar surface area (TPSA) is 26.3 Å². The van der Waals surface area contributed by atoms with Crippen molar-refractivity contribution in [2.45, 2.75) is 5.38 Å². The molecular formula is C18H14Cl4O2. The zero-order chi connectivity index (χ0) is 18.1. The molecule has 0 amide bonds. The summed E-state index contributed by atoms with van der Waals surface area (Å²) < 4.78 is 4.80. The molecule has 0 aromatic heterocycles. The molecule has 0 N–H and O–H groups in total. The largest absolute Gasteiger partial charge is 0.422 e. The molecule has 0 heterocycles. The Bertz CT molecular complexity index is 714. The lowest BCUT2D eigenvalue weighted by atomic mass is 10.1. The van der Waals surface area contributed by atoms with E-state index in [0.717, 1.165) is 11.6 Å². The molecule has 2 nitrogen and oxygen atoms in total. The minimum atomic E-state index is -0.606. The predicted molar refractivity (Wildman–Crippen MR) is 103 cm³/mol. The molecule has 2 rings (SSSR count). The summed E-state index contributed by atoms with van der Waals surface area (Å²) in [6, 6.07) is 12.8. The van der Waals surface area contributed by atoms with E-state index in [9.17, 15) is 4.79 Å². The van der Waals surface area contributed by atoms with Gasteiger partial charge in [-0.25, -0.2) is 4.79 Å². The van der Waals surface area contributed by atoms with E-state index >= 15 is 0 Å². The van der Waals surface area contributed by atoms with E-state index in [4.69, 9.17) is 51.1 Å². The van der Waals surface area contributed by atoms with Gasteiger partial charge in [0.15, 0.2) is 5.75 Å². The van der Waals surface area contributed by atoms with Crippen molar-refractivity contribution in [3.63, 3.8) is 0 Å². The third kappa shape index (κ3) is 6.21. The molecule has 6 heteroatoms. The molecular weight excluding hydrogens is 390 g/mol. The molecule has 0 bridgehead atoms. The molecule has 0 saturated heterocycles. The summed E-state index contributed by atoms with van der Waals surface area (Å²) >= 11 is 23.1. The molecule has 0 aliphatic rings. The maximum absolute atomic E-state index is 10.9. The molecule has 0 saturated carbocycles. The second-order valence-corrected chi connectivity index (χ2v) is 5.98. The van der Waals surface area contributed by atoms with Crippen molar-refractivity contribution in [3.05, 3.63) is 88.4 Å².